The number of benzene rings is 2. The fourth-order valence-corrected chi connectivity index (χ4v) is 2.99. The van der Waals surface area contributed by atoms with E-state index in [1.165, 1.54) is 25.9 Å². The maximum Gasteiger partial charge on any atom is 0.207 e. The van der Waals surface area contributed by atoms with Gasteiger partial charge >= 0.3 is 0 Å². The molecule has 0 aromatic heterocycles. The average Bonchev–Trinajstić information content (AvgIpc) is 3.31. The van der Waals surface area contributed by atoms with Crippen LogP contribution in [0.25, 0.3) is 0 Å². The maximum absolute atomic E-state index is 10.2. The van der Waals surface area contributed by atoms with Crippen molar-refractivity contribution in [2.45, 2.75) is 39.7 Å². The lowest BCUT2D eigenvalue weighted by atomic mass is 10.1. The molecule has 0 radical (unpaired) electrons. The third-order valence-corrected chi connectivity index (χ3v) is 4.67. The number of ether oxygens (including phenoxy) is 1. The van der Waals surface area contributed by atoms with E-state index < -0.39 is 0 Å². The van der Waals surface area contributed by atoms with Crippen molar-refractivity contribution in [1.82, 2.24) is 10.6 Å². The zero-order chi connectivity index (χ0) is 20.6. The third kappa shape index (κ3) is 9.45. The molecular formula is C22H30Cl2N2O2. The van der Waals surface area contributed by atoms with E-state index in [-0.39, 0.29) is 0 Å². The second-order valence-corrected chi connectivity index (χ2v) is 6.73. The molecule has 0 saturated carbocycles. The van der Waals surface area contributed by atoms with E-state index in [1.54, 1.807) is 18.2 Å². The summed E-state index contributed by atoms with van der Waals surface area (Å²) in [6.07, 6.45) is 4.26. The summed E-state index contributed by atoms with van der Waals surface area (Å²) in [7, 11) is 0. The van der Waals surface area contributed by atoms with Crippen LogP contribution in [0.1, 0.15) is 37.8 Å². The van der Waals surface area contributed by atoms with E-state index in [4.69, 9.17) is 27.9 Å². The molecule has 0 unspecified atom stereocenters. The van der Waals surface area contributed by atoms with Gasteiger partial charge in [-0.25, -0.2) is 0 Å². The van der Waals surface area contributed by atoms with Gasteiger partial charge in [-0.1, -0.05) is 55.2 Å². The van der Waals surface area contributed by atoms with Gasteiger partial charge in [0.25, 0.3) is 0 Å². The Morgan fingerprint density at radius 3 is 2.14 bits per heavy atom. The SMILES string of the molecule is C1CCNC1.CC.O=CNCCc1ccc(OCc2c(Cl)cccc2Cl)cc1. The van der Waals surface area contributed by atoms with Crippen LogP contribution in [0.3, 0.4) is 0 Å². The third-order valence-electron chi connectivity index (χ3n) is 3.97. The van der Waals surface area contributed by atoms with E-state index in [9.17, 15) is 4.79 Å². The Bertz CT molecular complexity index is 647. The predicted molar refractivity (Wildman–Crippen MR) is 118 cm³/mol. The molecule has 2 aromatic carbocycles. The van der Waals surface area contributed by atoms with Gasteiger partial charge < -0.3 is 15.4 Å². The van der Waals surface area contributed by atoms with Crippen molar-refractivity contribution in [3.63, 3.8) is 0 Å². The number of carbonyl (C=O) groups is 1. The molecule has 6 heteroatoms. The minimum Gasteiger partial charge on any atom is -0.489 e. The van der Waals surface area contributed by atoms with Gasteiger partial charge in [-0.05, 0) is 62.2 Å². The topological polar surface area (TPSA) is 50.4 Å². The van der Waals surface area contributed by atoms with E-state index in [0.717, 1.165) is 23.3 Å². The molecule has 3 rings (SSSR count). The van der Waals surface area contributed by atoms with Crippen LogP contribution in [0.15, 0.2) is 42.5 Å². The van der Waals surface area contributed by atoms with Crippen LogP contribution in [0.4, 0.5) is 0 Å². The molecule has 154 valence electrons. The first-order valence-electron chi connectivity index (χ1n) is 9.73. The van der Waals surface area contributed by atoms with Crippen molar-refractivity contribution in [3.05, 3.63) is 63.6 Å². The number of hydrogen-bond donors (Lipinski definition) is 2. The van der Waals surface area contributed by atoms with Crippen molar-refractivity contribution in [1.29, 1.82) is 0 Å². The van der Waals surface area contributed by atoms with Crippen molar-refractivity contribution >= 4 is 29.6 Å². The number of carbonyl (C=O) groups excluding carboxylic acids is 1. The highest BCUT2D eigenvalue weighted by Gasteiger charge is 2.06. The Morgan fingerprint density at radius 1 is 1.04 bits per heavy atom. The molecule has 1 amide bonds. The summed E-state index contributed by atoms with van der Waals surface area (Å²) in [4.78, 5) is 10.2. The summed E-state index contributed by atoms with van der Waals surface area (Å²) >= 11 is 12.2. The van der Waals surface area contributed by atoms with Gasteiger partial charge in [0.05, 0.1) is 0 Å². The summed E-state index contributed by atoms with van der Waals surface area (Å²) < 4.78 is 5.69. The summed E-state index contributed by atoms with van der Waals surface area (Å²) in [6.45, 7) is 7.45. The average molecular weight is 425 g/mol. The fraction of sp³-hybridized carbons (Fsp3) is 0.409. The van der Waals surface area contributed by atoms with Gasteiger partial charge in [0.1, 0.15) is 12.4 Å². The maximum atomic E-state index is 10.2. The highest BCUT2D eigenvalue weighted by atomic mass is 35.5. The van der Waals surface area contributed by atoms with Gasteiger partial charge in [-0.15, -0.1) is 0 Å². The number of rotatable bonds is 7. The van der Waals surface area contributed by atoms with Gasteiger partial charge in [-0.2, -0.15) is 0 Å². The van der Waals surface area contributed by atoms with Gasteiger partial charge in [0.15, 0.2) is 0 Å². The van der Waals surface area contributed by atoms with Crippen LogP contribution in [0.5, 0.6) is 5.75 Å². The molecule has 2 N–H and O–H groups in total. The molecule has 1 saturated heterocycles. The van der Waals surface area contributed by atoms with Gasteiger partial charge in [0, 0.05) is 22.2 Å². The Hall–Kier alpha value is -1.75. The molecule has 0 bridgehead atoms. The number of hydrogen-bond acceptors (Lipinski definition) is 3. The molecule has 1 aliphatic heterocycles. The van der Waals surface area contributed by atoms with E-state index >= 15 is 0 Å². The van der Waals surface area contributed by atoms with E-state index in [2.05, 4.69) is 10.6 Å². The minimum absolute atomic E-state index is 0.324. The lowest BCUT2D eigenvalue weighted by Crippen LogP contribution is -2.14. The molecule has 0 atom stereocenters. The molecule has 0 aliphatic carbocycles. The molecule has 1 fully saturated rings. The molecule has 1 heterocycles. The molecule has 1 aliphatic rings. The predicted octanol–water partition coefficient (Wildman–Crippen LogP) is 5.26. The largest absolute Gasteiger partial charge is 0.489 e. The van der Waals surface area contributed by atoms with Crippen LogP contribution in [-0.2, 0) is 17.8 Å². The van der Waals surface area contributed by atoms with Crippen LogP contribution < -0.4 is 15.4 Å². The van der Waals surface area contributed by atoms with Crippen LogP contribution in [-0.4, -0.2) is 26.0 Å². The second kappa shape index (κ2) is 15.2. The van der Waals surface area contributed by atoms with Gasteiger partial charge in [-0.3, -0.25) is 4.79 Å². The van der Waals surface area contributed by atoms with Crippen LogP contribution in [0.2, 0.25) is 10.0 Å². The summed E-state index contributed by atoms with van der Waals surface area (Å²) in [5.41, 5.74) is 1.91. The van der Waals surface area contributed by atoms with E-state index in [0.29, 0.717) is 29.6 Å². The molecule has 4 nitrogen and oxygen atoms in total. The Morgan fingerprint density at radius 2 is 1.64 bits per heavy atom. The van der Waals surface area contributed by atoms with Crippen molar-refractivity contribution in [2.24, 2.45) is 0 Å². The second-order valence-electron chi connectivity index (χ2n) is 5.91. The first-order chi connectivity index (χ1) is 13.7. The Kier molecular flexibility index (Phi) is 13.2. The Labute approximate surface area is 178 Å². The summed E-state index contributed by atoms with van der Waals surface area (Å²) in [5.74, 6) is 0.748. The van der Waals surface area contributed by atoms with Crippen LogP contribution >= 0.6 is 23.2 Å². The van der Waals surface area contributed by atoms with E-state index in [1.807, 2.05) is 38.1 Å². The number of halogens is 2. The van der Waals surface area contributed by atoms with Crippen molar-refractivity contribution in [2.75, 3.05) is 19.6 Å². The molecule has 0 spiro atoms. The summed E-state index contributed by atoms with van der Waals surface area (Å²) in [5, 5.41) is 7.04. The zero-order valence-electron chi connectivity index (χ0n) is 16.6. The fourth-order valence-electron chi connectivity index (χ4n) is 2.48. The molecule has 2 aromatic rings. The lowest BCUT2D eigenvalue weighted by Gasteiger charge is -2.10. The standard InChI is InChI=1S/C16H15Cl2NO2.C4H9N.C2H6/c17-15-2-1-3-16(18)14(15)10-21-13-6-4-12(5-7-13)8-9-19-11-20;1-2-4-5-3-1;1-2/h1-7,11H,8-10H2,(H,19,20);5H,1-4H2;1-2H3. The normalized spacial score (nSPS) is 12.1. The molecule has 28 heavy (non-hydrogen) atoms. The van der Waals surface area contributed by atoms with Crippen LogP contribution in [0, 0.1) is 0 Å². The smallest absolute Gasteiger partial charge is 0.207 e. The minimum atomic E-state index is 0.324. The van der Waals surface area contributed by atoms with Gasteiger partial charge in [0.2, 0.25) is 6.41 Å². The zero-order valence-corrected chi connectivity index (χ0v) is 18.2. The van der Waals surface area contributed by atoms with Crippen molar-refractivity contribution < 1.29 is 9.53 Å². The Balaban J connectivity index is 0.000000476. The quantitative estimate of drug-likeness (QED) is 0.470. The number of amides is 1. The lowest BCUT2D eigenvalue weighted by molar-refractivity contribution is -0.109. The number of nitrogens with one attached hydrogen (secondary N) is 2. The highest BCUT2D eigenvalue weighted by Crippen LogP contribution is 2.25. The monoisotopic (exact) mass is 424 g/mol. The first-order valence-corrected chi connectivity index (χ1v) is 10.5. The van der Waals surface area contributed by atoms with Crippen molar-refractivity contribution in [3.8, 4) is 5.75 Å². The molecular weight excluding hydrogens is 395 g/mol. The highest BCUT2D eigenvalue weighted by molar-refractivity contribution is 6.35. The summed E-state index contributed by atoms with van der Waals surface area (Å²) in [6, 6.07) is 13.1. The first kappa shape index (κ1) is 24.3.